The van der Waals surface area contributed by atoms with Gasteiger partial charge in [-0.2, -0.15) is 0 Å². The van der Waals surface area contributed by atoms with E-state index in [-0.39, 0.29) is 17.1 Å². The number of allylic oxidation sites excluding steroid dienone is 1. The average Bonchev–Trinajstić information content (AvgIpc) is 2.46. The highest BCUT2D eigenvalue weighted by Crippen LogP contribution is 2.15. The van der Waals surface area contributed by atoms with Crippen LogP contribution in [0.2, 0.25) is 0 Å². The number of hydrogen-bond donors (Lipinski definition) is 0. The highest BCUT2D eigenvalue weighted by atomic mass is 16.5. The van der Waals surface area contributed by atoms with Crippen molar-refractivity contribution in [2.45, 2.75) is 0 Å². The SMILES string of the molecule is COc1ccc(/C=C/C(=O)c2ccccc2[O-])cc1. The summed E-state index contributed by atoms with van der Waals surface area (Å²) in [7, 11) is 1.60. The minimum absolute atomic E-state index is 0.187. The minimum atomic E-state index is -0.290. The maximum atomic E-state index is 11.9. The molecule has 0 atom stereocenters. The monoisotopic (exact) mass is 253 g/mol. The average molecular weight is 253 g/mol. The molecule has 0 aliphatic heterocycles. The standard InChI is InChI=1S/C16H14O3/c1-19-13-9-6-12(7-10-13)8-11-16(18)14-4-2-3-5-15(14)17/h2-11,17H,1H3/p-1/b11-8+. The van der Waals surface area contributed by atoms with Crippen molar-refractivity contribution in [1.29, 1.82) is 0 Å². The van der Waals surface area contributed by atoms with Gasteiger partial charge in [-0.05, 0) is 23.8 Å². The van der Waals surface area contributed by atoms with Crippen molar-refractivity contribution >= 4 is 11.9 Å². The number of carbonyl (C=O) groups excluding carboxylic acids is 1. The van der Waals surface area contributed by atoms with Gasteiger partial charge in [0.25, 0.3) is 0 Å². The second-order valence-electron chi connectivity index (χ2n) is 3.97. The Morgan fingerprint density at radius 1 is 1.11 bits per heavy atom. The predicted octanol–water partition coefficient (Wildman–Crippen LogP) is 2.66. The lowest BCUT2D eigenvalue weighted by atomic mass is 10.1. The van der Waals surface area contributed by atoms with Crippen LogP contribution < -0.4 is 9.84 Å². The summed E-state index contributed by atoms with van der Waals surface area (Å²) in [6, 6.07) is 13.5. The van der Waals surface area contributed by atoms with Gasteiger partial charge in [-0.25, -0.2) is 0 Å². The molecule has 3 nitrogen and oxygen atoms in total. The summed E-state index contributed by atoms with van der Waals surface area (Å²) < 4.78 is 5.05. The Hall–Kier alpha value is -2.55. The number of para-hydroxylation sites is 1. The first-order valence-electron chi connectivity index (χ1n) is 5.83. The van der Waals surface area contributed by atoms with Crippen LogP contribution in [0.4, 0.5) is 0 Å². The van der Waals surface area contributed by atoms with Crippen LogP contribution in [0.3, 0.4) is 0 Å². The van der Waals surface area contributed by atoms with Crippen LogP contribution in [0.5, 0.6) is 11.5 Å². The van der Waals surface area contributed by atoms with Crippen LogP contribution >= 0.6 is 0 Å². The van der Waals surface area contributed by atoms with Crippen molar-refractivity contribution in [3.8, 4) is 11.5 Å². The van der Waals surface area contributed by atoms with E-state index < -0.39 is 0 Å². The molecule has 0 unspecified atom stereocenters. The molecule has 19 heavy (non-hydrogen) atoms. The van der Waals surface area contributed by atoms with E-state index in [1.54, 1.807) is 25.3 Å². The predicted molar refractivity (Wildman–Crippen MR) is 72.2 cm³/mol. The van der Waals surface area contributed by atoms with Crippen molar-refractivity contribution in [3.63, 3.8) is 0 Å². The minimum Gasteiger partial charge on any atom is -0.872 e. The van der Waals surface area contributed by atoms with Crippen LogP contribution in [0.25, 0.3) is 6.08 Å². The molecular weight excluding hydrogens is 240 g/mol. The molecule has 0 aliphatic carbocycles. The van der Waals surface area contributed by atoms with Gasteiger partial charge in [0, 0.05) is 5.56 Å². The molecule has 0 heterocycles. The third kappa shape index (κ3) is 3.22. The number of rotatable bonds is 4. The molecule has 3 heteroatoms. The summed E-state index contributed by atoms with van der Waals surface area (Å²) in [4.78, 5) is 11.9. The van der Waals surface area contributed by atoms with E-state index in [1.165, 1.54) is 18.2 Å². The molecule has 0 saturated carbocycles. The second-order valence-corrected chi connectivity index (χ2v) is 3.97. The molecule has 0 radical (unpaired) electrons. The lowest BCUT2D eigenvalue weighted by Crippen LogP contribution is -2.01. The lowest BCUT2D eigenvalue weighted by Gasteiger charge is -2.09. The number of benzene rings is 2. The molecule has 96 valence electrons. The third-order valence-electron chi connectivity index (χ3n) is 2.70. The van der Waals surface area contributed by atoms with Crippen LogP contribution in [0, 0.1) is 0 Å². The van der Waals surface area contributed by atoms with Gasteiger partial charge in [0.05, 0.1) is 7.11 Å². The van der Waals surface area contributed by atoms with Gasteiger partial charge in [0.2, 0.25) is 0 Å². The van der Waals surface area contributed by atoms with Gasteiger partial charge in [-0.1, -0.05) is 48.2 Å². The zero-order valence-corrected chi connectivity index (χ0v) is 10.5. The Morgan fingerprint density at radius 2 is 1.79 bits per heavy atom. The summed E-state index contributed by atoms with van der Waals surface area (Å²) in [5.74, 6) is 0.210. The zero-order valence-electron chi connectivity index (χ0n) is 10.5. The van der Waals surface area contributed by atoms with Crippen molar-refractivity contribution in [3.05, 3.63) is 65.7 Å². The zero-order chi connectivity index (χ0) is 13.7. The first-order valence-corrected chi connectivity index (χ1v) is 5.83. The van der Waals surface area contributed by atoms with Gasteiger partial charge in [-0.15, -0.1) is 0 Å². The second kappa shape index (κ2) is 5.87. The molecular formula is C16H13O3-. The largest absolute Gasteiger partial charge is 0.872 e. The number of carbonyl (C=O) groups is 1. The molecule has 2 aromatic carbocycles. The van der Waals surface area contributed by atoms with E-state index >= 15 is 0 Å². The summed E-state index contributed by atoms with van der Waals surface area (Å²) in [5.41, 5.74) is 1.06. The summed E-state index contributed by atoms with van der Waals surface area (Å²) in [6.45, 7) is 0. The first kappa shape index (κ1) is 12.9. The van der Waals surface area contributed by atoms with Crippen LogP contribution in [-0.4, -0.2) is 12.9 Å². The highest BCUT2D eigenvalue weighted by Gasteiger charge is 2.01. The number of hydrogen-bond acceptors (Lipinski definition) is 3. The van der Waals surface area contributed by atoms with Crippen LogP contribution in [0.15, 0.2) is 54.6 Å². The van der Waals surface area contributed by atoms with E-state index in [2.05, 4.69) is 0 Å². The van der Waals surface area contributed by atoms with Gasteiger partial charge in [0.1, 0.15) is 5.75 Å². The molecule has 0 aromatic heterocycles. The van der Waals surface area contributed by atoms with Gasteiger partial charge in [-0.3, -0.25) is 4.79 Å². The van der Waals surface area contributed by atoms with Crippen LogP contribution in [0.1, 0.15) is 15.9 Å². The summed E-state index contributed by atoms with van der Waals surface area (Å²) in [6.07, 6.45) is 3.08. The maximum absolute atomic E-state index is 11.9. The highest BCUT2D eigenvalue weighted by molar-refractivity contribution is 6.08. The molecule has 0 spiro atoms. The fraction of sp³-hybridized carbons (Fsp3) is 0.0625. The molecule has 0 fully saturated rings. The topological polar surface area (TPSA) is 49.4 Å². The molecule has 2 aromatic rings. The molecule has 0 aliphatic rings. The van der Waals surface area contributed by atoms with E-state index in [0.717, 1.165) is 11.3 Å². The van der Waals surface area contributed by atoms with Crippen molar-refractivity contribution < 1.29 is 14.6 Å². The maximum Gasteiger partial charge on any atom is 0.185 e. The van der Waals surface area contributed by atoms with Crippen molar-refractivity contribution in [1.82, 2.24) is 0 Å². The Labute approximate surface area is 111 Å². The Kier molecular flexibility index (Phi) is 3.98. The van der Waals surface area contributed by atoms with E-state index in [9.17, 15) is 9.90 Å². The normalized spacial score (nSPS) is 10.6. The number of ketones is 1. The molecule has 2 rings (SSSR count). The van der Waals surface area contributed by atoms with Gasteiger partial charge < -0.3 is 9.84 Å². The number of ether oxygens (including phenoxy) is 1. The smallest absolute Gasteiger partial charge is 0.185 e. The Morgan fingerprint density at radius 3 is 2.42 bits per heavy atom. The Bertz CT molecular complexity index is 598. The lowest BCUT2D eigenvalue weighted by molar-refractivity contribution is -0.268. The molecule has 0 bridgehead atoms. The van der Waals surface area contributed by atoms with Gasteiger partial charge >= 0.3 is 0 Å². The fourth-order valence-electron chi connectivity index (χ4n) is 1.65. The fourth-order valence-corrected chi connectivity index (χ4v) is 1.65. The Balaban J connectivity index is 2.14. The quantitative estimate of drug-likeness (QED) is 0.621. The summed E-state index contributed by atoms with van der Waals surface area (Å²) >= 11 is 0. The first-order chi connectivity index (χ1) is 9.20. The van der Waals surface area contributed by atoms with Gasteiger partial charge in [0.15, 0.2) is 5.78 Å². The van der Waals surface area contributed by atoms with E-state index in [0.29, 0.717) is 0 Å². The van der Waals surface area contributed by atoms with Crippen LogP contribution in [-0.2, 0) is 0 Å². The van der Waals surface area contributed by atoms with E-state index in [4.69, 9.17) is 4.74 Å². The third-order valence-corrected chi connectivity index (χ3v) is 2.70. The number of methoxy groups -OCH3 is 1. The van der Waals surface area contributed by atoms with E-state index in [1.807, 2.05) is 24.3 Å². The summed E-state index contributed by atoms with van der Waals surface area (Å²) in [5, 5.41) is 11.5. The van der Waals surface area contributed by atoms with Crippen molar-refractivity contribution in [2.24, 2.45) is 0 Å². The molecule has 0 saturated heterocycles. The van der Waals surface area contributed by atoms with Crippen molar-refractivity contribution in [2.75, 3.05) is 7.11 Å². The molecule has 0 N–H and O–H groups in total. The molecule has 0 amide bonds.